The maximum absolute atomic E-state index is 4.98. The summed E-state index contributed by atoms with van der Waals surface area (Å²) in [7, 11) is 0. The first-order chi connectivity index (χ1) is 6.33. The molecule has 1 aromatic rings. The molecule has 0 fully saturated rings. The molecule has 0 spiro atoms. The van der Waals surface area contributed by atoms with Gasteiger partial charge >= 0.3 is 0 Å². The number of nitrogens with zero attached hydrogens (tertiary/aromatic N) is 3. The van der Waals surface area contributed by atoms with Crippen LogP contribution in [0, 0.1) is 0 Å². The SMILES string of the molecule is CCNC(=S)NCCn1nccn1. The molecule has 0 aliphatic rings. The molecule has 0 aliphatic heterocycles. The molecule has 2 N–H and O–H groups in total. The fourth-order valence-electron chi connectivity index (χ4n) is 0.851. The number of thiocarbonyl (C=S) groups is 1. The largest absolute Gasteiger partial charge is 0.363 e. The molecule has 0 saturated heterocycles. The van der Waals surface area contributed by atoms with Gasteiger partial charge in [-0.1, -0.05) is 0 Å². The summed E-state index contributed by atoms with van der Waals surface area (Å²) in [6, 6.07) is 0. The van der Waals surface area contributed by atoms with Gasteiger partial charge in [0.2, 0.25) is 0 Å². The molecule has 0 amide bonds. The molecule has 6 heteroatoms. The fourth-order valence-corrected chi connectivity index (χ4v) is 1.10. The molecule has 72 valence electrons. The van der Waals surface area contributed by atoms with Gasteiger partial charge in [-0.05, 0) is 19.1 Å². The van der Waals surface area contributed by atoms with Crippen molar-refractivity contribution in [3.63, 3.8) is 0 Å². The van der Waals surface area contributed by atoms with Crippen LogP contribution in [0.25, 0.3) is 0 Å². The highest BCUT2D eigenvalue weighted by Gasteiger charge is 1.93. The Balaban J connectivity index is 2.11. The van der Waals surface area contributed by atoms with Gasteiger partial charge in [0.15, 0.2) is 5.11 Å². The van der Waals surface area contributed by atoms with E-state index in [1.165, 1.54) is 0 Å². The third kappa shape index (κ3) is 3.84. The molecule has 1 heterocycles. The van der Waals surface area contributed by atoms with Crippen LogP contribution in [-0.4, -0.2) is 33.2 Å². The second-order valence-electron chi connectivity index (χ2n) is 2.41. The predicted octanol–water partition coefficient (Wildman–Crippen LogP) is -0.238. The zero-order chi connectivity index (χ0) is 9.52. The van der Waals surface area contributed by atoms with E-state index in [9.17, 15) is 0 Å². The highest BCUT2D eigenvalue weighted by molar-refractivity contribution is 7.80. The second-order valence-corrected chi connectivity index (χ2v) is 2.82. The smallest absolute Gasteiger partial charge is 0.166 e. The molecule has 1 rings (SSSR count). The van der Waals surface area contributed by atoms with E-state index in [0.717, 1.165) is 19.6 Å². The Hall–Kier alpha value is -1.17. The molecule has 13 heavy (non-hydrogen) atoms. The summed E-state index contributed by atoms with van der Waals surface area (Å²) in [6.07, 6.45) is 3.31. The molecule has 0 radical (unpaired) electrons. The first kappa shape index (κ1) is 9.91. The van der Waals surface area contributed by atoms with Crippen LogP contribution in [0.1, 0.15) is 6.92 Å². The van der Waals surface area contributed by atoms with Crippen molar-refractivity contribution in [3.05, 3.63) is 12.4 Å². The van der Waals surface area contributed by atoms with E-state index in [0.29, 0.717) is 5.11 Å². The Bertz CT molecular complexity index is 245. The molecule has 1 aromatic heterocycles. The molecule has 0 atom stereocenters. The van der Waals surface area contributed by atoms with Gasteiger partial charge in [-0.15, -0.1) is 0 Å². The van der Waals surface area contributed by atoms with Crippen molar-refractivity contribution in [1.82, 2.24) is 25.6 Å². The summed E-state index contributed by atoms with van der Waals surface area (Å²) in [5, 5.41) is 14.6. The summed E-state index contributed by atoms with van der Waals surface area (Å²) in [5.74, 6) is 0. The first-order valence-electron chi connectivity index (χ1n) is 4.18. The quantitative estimate of drug-likeness (QED) is 0.656. The fraction of sp³-hybridized carbons (Fsp3) is 0.571. The maximum atomic E-state index is 4.98. The number of rotatable bonds is 4. The van der Waals surface area contributed by atoms with E-state index >= 15 is 0 Å². The lowest BCUT2D eigenvalue weighted by Crippen LogP contribution is -2.36. The average Bonchev–Trinajstić information content (AvgIpc) is 2.57. The summed E-state index contributed by atoms with van der Waals surface area (Å²) in [4.78, 5) is 1.61. The van der Waals surface area contributed by atoms with E-state index in [4.69, 9.17) is 12.2 Å². The highest BCUT2D eigenvalue weighted by Crippen LogP contribution is 1.76. The highest BCUT2D eigenvalue weighted by atomic mass is 32.1. The van der Waals surface area contributed by atoms with Crippen molar-refractivity contribution in [3.8, 4) is 0 Å². The van der Waals surface area contributed by atoms with Crippen LogP contribution in [0.15, 0.2) is 12.4 Å². The minimum Gasteiger partial charge on any atom is -0.363 e. The van der Waals surface area contributed by atoms with Crippen LogP contribution >= 0.6 is 12.2 Å². The third-order valence-electron chi connectivity index (χ3n) is 1.40. The second kappa shape index (κ2) is 5.47. The van der Waals surface area contributed by atoms with E-state index in [1.807, 2.05) is 6.92 Å². The van der Waals surface area contributed by atoms with Crippen molar-refractivity contribution in [2.45, 2.75) is 13.5 Å². The zero-order valence-corrected chi connectivity index (χ0v) is 8.34. The third-order valence-corrected chi connectivity index (χ3v) is 1.69. The van der Waals surface area contributed by atoms with E-state index in [2.05, 4.69) is 20.8 Å². The van der Waals surface area contributed by atoms with Crippen molar-refractivity contribution in [2.24, 2.45) is 0 Å². The van der Waals surface area contributed by atoms with Crippen molar-refractivity contribution in [2.75, 3.05) is 13.1 Å². The van der Waals surface area contributed by atoms with Gasteiger partial charge in [-0.2, -0.15) is 15.0 Å². The molecule has 0 saturated carbocycles. The van der Waals surface area contributed by atoms with E-state index in [-0.39, 0.29) is 0 Å². The van der Waals surface area contributed by atoms with E-state index < -0.39 is 0 Å². The number of nitrogens with one attached hydrogen (secondary N) is 2. The molecule has 0 aliphatic carbocycles. The Morgan fingerprint density at radius 1 is 1.38 bits per heavy atom. The lowest BCUT2D eigenvalue weighted by Gasteiger charge is -2.07. The molecule has 5 nitrogen and oxygen atoms in total. The van der Waals surface area contributed by atoms with Gasteiger partial charge in [-0.25, -0.2) is 0 Å². The summed E-state index contributed by atoms with van der Waals surface area (Å²) in [5.41, 5.74) is 0. The van der Waals surface area contributed by atoms with Gasteiger partial charge in [-0.3, -0.25) is 0 Å². The summed E-state index contributed by atoms with van der Waals surface area (Å²) < 4.78 is 0. The van der Waals surface area contributed by atoms with Gasteiger partial charge in [0, 0.05) is 13.1 Å². The first-order valence-corrected chi connectivity index (χ1v) is 4.59. The van der Waals surface area contributed by atoms with Gasteiger partial charge < -0.3 is 10.6 Å². The lowest BCUT2D eigenvalue weighted by molar-refractivity contribution is 0.530. The van der Waals surface area contributed by atoms with Crippen LogP contribution in [0.3, 0.4) is 0 Å². The van der Waals surface area contributed by atoms with Crippen LogP contribution in [0.4, 0.5) is 0 Å². The zero-order valence-electron chi connectivity index (χ0n) is 7.53. The van der Waals surface area contributed by atoms with Gasteiger partial charge in [0.1, 0.15) is 0 Å². The van der Waals surface area contributed by atoms with Gasteiger partial charge in [0.25, 0.3) is 0 Å². The van der Waals surface area contributed by atoms with Crippen LogP contribution in [-0.2, 0) is 6.54 Å². The van der Waals surface area contributed by atoms with Crippen molar-refractivity contribution >= 4 is 17.3 Å². The Morgan fingerprint density at radius 2 is 2.08 bits per heavy atom. The molecule has 0 unspecified atom stereocenters. The number of hydrogen-bond donors (Lipinski definition) is 2. The number of aromatic nitrogens is 3. The molecule has 0 bridgehead atoms. The Morgan fingerprint density at radius 3 is 2.69 bits per heavy atom. The Labute approximate surface area is 82.5 Å². The minimum absolute atomic E-state index is 0.676. The van der Waals surface area contributed by atoms with E-state index in [1.54, 1.807) is 17.2 Å². The van der Waals surface area contributed by atoms with Crippen LogP contribution < -0.4 is 10.6 Å². The summed E-state index contributed by atoms with van der Waals surface area (Å²) in [6.45, 7) is 4.30. The molecular formula is C7H13N5S. The lowest BCUT2D eigenvalue weighted by atomic mass is 10.6. The predicted molar refractivity (Wildman–Crippen MR) is 54.3 cm³/mol. The topological polar surface area (TPSA) is 54.8 Å². The normalized spacial score (nSPS) is 9.62. The monoisotopic (exact) mass is 199 g/mol. The average molecular weight is 199 g/mol. The Kier molecular flexibility index (Phi) is 4.17. The minimum atomic E-state index is 0.676. The van der Waals surface area contributed by atoms with Crippen molar-refractivity contribution in [1.29, 1.82) is 0 Å². The van der Waals surface area contributed by atoms with Gasteiger partial charge in [0.05, 0.1) is 18.9 Å². The van der Waals surface area contributed by atoms with Crippen LogP contribution in [0.5, 0.6) is 0 Å². The standard InChI is InChI=1S/C7H13N5S/c1-2-8-7(13)9-5-6-12-10-3-4-11-12/h3-4H,2,5-6H2,1H3,(H2,8,9,13). The molecule has 0 aromatic carbocycles. The number of hydrogen-bond acceptors (Lipinski definition) is 3. The molecular weight excluding hydrogens is 186 g/mol. The van der Waals surface area contributed by atoms with Crippen LogP contribution in [0.2, 0.25) is 0 Å². The maximum Gasteiger partial charge on any atom is 0.166 e. The summed E-state index contributed by atoms with van der Waals surface area (Å²) >= 11 is 4.98. The van der Waals surface area contributed by atoms with Crippen molar-refractivity contribution < 1.29 is 0 Å².